The minimum absolute atomic E-state index is 0.0329. The summed E-state index contributed by atoms with van der Waals surface area (Å²) in [5.74, 6) is 1.42. The second-order valence-electron chi connectivity index (χ2n) is 5.86. The standard InChI is InChI=1S/C14H23N3O3/c1-4-5-11-15-12(20-16-11)6-7-13(18)17-8-14(19,9-17)10(2)3/h10,19H,4-9H2,1-3H3. The average Bonchev–Trinajstić information content (AvgIpc) is 2.80. The number of rotatable bonds is 6. The van der Waals surface area contributed by atoms with Crippen LogP contribution in [0.3, 0.4) is 0 Å². The van der Waals surface area contributed by atoms with Gasteiger partial charge in [-0.2, -0.15) is 4.98 Å². The van der Waals surface area contributed by atoms with Crippen molar-refractivity contribution in [3.8, 4) is 0 Å². The van der Waals surface area contributed by atoms with E-state index in [0.29, 0.717) is 37.6 Å². The molecular weight excluding hydrogens is 258 g/mol. The monoisotopic (exact) mass is 281 g/mol. The molecule has 2 heterocycles. The molecule has 6 nitrogen and oxygen atoms in total. The summed E-state index contributed by atoms with van der Waals surface area (Å²) in [5.41, 5.74) is -0.714. The number of nitrogens with zero attached hydrogens (tertiary/aromatic N) is 3. The molecule has 0 aromatic carbocycles. The molecule has 1 amide bonds. The predicted molar refractivity (Wildman–Crippen MR) is 73.0 cm³/mol. The number of carbonyl (C=O) groups excluding carboxylic acids is 1. The summed E-state index contributed by atoms with van der Waals surface area (Å²) in [4.78, 5) is 17.9. The summed E-state index contributed by atoms with van der Waals surface area (Å²) < 4.78 is 5.10. The van der Waals surface area contributed by atoms with Crippen LogP contribution in [0, 0.1) is 5.92 Å². The average molecular weight is 281 g/mol. The van der Waals surface area contributed by atoms with Gasteiger partial charge in [0.05, 0.1) is 13.1 Å². The first-order valence-corrected chi connectivity index (χ1v) is 7.26. The Morgan fingerprint density at radius 3 is 2.75 bits per heavy atom. The Bertz CT molecular complexity index is 464. The van der Waals surface area contributed by atoms with Gasteiger partial charge in [0.15, 0.2) is 5.82 Å². The lowest BCUT2D eigenvalue weighted by Gasteiger charge is -2.49. The van der Waals surface area contributed by atoms with Gasteiger partial charge in [-0.3, -0.25) is 4.79 Å². The summed E-state index contributed by atoms with van der Waals surface area (Å²) in [6, 6.07) is 0. The molecular formula is C14H23N3O3. The van der Waals surface area contributed by atoms with E-state index in [1.807, 2.05) is 13.8 Å². The van der Waals surface area contributed by atoms with Crippen LogP contribution >= 0.6 is 0 Å². The number of carbonyl (C=O) groups is 1. The van der Waals surface area contributed by atoms with Crippen molar-refractivity contribution in [2.45, 2.75) is 52.1 Å². The number of likely N-dealkylation sites (tertiary alicyclic amines) is 1. The number of hydrogen-bond acceptors (Lipinski definition) is 5. The van der Waals surface area contributed by atoms with Gasteiger partial charge in [0.2, 0.25) is 11.8 Å². The van der Waals surface area contributed by atoms with E-state index >= 15 is 0 Å². The van der Waals surface area contributed by atoms with Gasteiger partial charge in [-0.05, 0) is 12.3 Å². The summed E-state index contributed by atoms with van der Waals surface area (Å²) in [5, 5.41) is 14.0. The molecule has 20 heavy (non-hydrogen) atoms. The molecule has 1 aliphatic heterocycles. The van der Waals surface area contributed by atoms with Crippen LogP contribution in [0.1, 0.15) is 45.3 Å². The summed E-state index contributed by atoms with van der Waals surface area (Å²) in [6.45, 7) is 6.84. The lowest BCUT2D eigenvalue weighted by molar-refractivity contribution is -0.163. The SMILES string of the molecule is CCCc1noc(CCC(=O)N2CC(O)(C(C)C)C2)n1. The molecule has 112 valence electrons. The molecule has 0 bridgehead atoms. The third-order valence-electron chi connectivity index (χ3n) is 3.89. The second kappa shape index (κ2) is 5.91. The molecule has 1 fully saturated rings. The third-order valence-corrected chi connectivity index (χ3v) is 3.89. The number of β-amino-alcohol motifs (C(OH)–C–C–N with tert-alkyl or cyclic N) is 1. The number of aromatic nitrogens is 2. The summed E-state index contributed by atoms with van der Waals surface area (Å²) in [6.07, 6.45) is 2.58. The van der Waals surface area contributed by atoms with Gasteiger partial charge in [0.1, 0.15) is 5.60 Å². The molecule has 6 heteroatoms. The Labute approximate surface area is 119 Å². The molecule has 1 aromatic rings. The summed E-state index contributed by atoms with van der Waals surface area (Å²) >= 11 is 0. The lowest BCUT2D eigenvalue weighted by atomic mass is 9.83. The zero-order valence-electron chi connectivity index (χ0n) is 12.4. The van der Waals surface area contributed by atoms with Gasteiger partial charge in [-0.1, -0.05) is 25.9 Å². The van der Waals surface area contributed by atoms with E-state index in [4.69, 9.17) is 4.52 Å². The quantitative estimate of drug-likeness (QED) is 0.847. The van der Waals surface area contributed by atoms with E-state index in [1.165, 1.54) is 0 Å². The molecule has 0 saturated carbocycles. The molecule has 0 aliphatic carbocycles. The molecule has 2 rings (SSSR count). The van der Waals surface area contributed by atoms with Crippen LogP contribution < -0.4 is 0 Å². The van der Waals surface area contributed by atoms with Crippen molar-refractivity contribution in [1.82, 2.24) is 15.0 Å². The van der Waals surface area contributed by atoms with Crippen molar-refractivity contribution in [2.75, 3.05) is 13.1 Å². The highest BCUT2D eigenvalue weighted by molar-refractivity contribution is 5.77. The number of amides is 1. The van der Waals surface area contributed by atoms with E-state index in [9.17, 15) is 9.90 Å². The minimum atomic E-state index is -0.714. The van der Waals surface area contributed by atoms with Crippen molar-refractivity contribution in [3.63, 3.8) is 0 Å². The second-order valence-corrected chi connectivity index (χ2v) is 5.86. The molecule has 1 saturated heterocycles. The maximum Gasteiger partial charge on any atom is 0.227 e. The van der Waals surface area contributed by atoms with Gasteiger partial charge in [0.25, 0.3) is 0 Å². The topological polar surface area (TPSA) is 79.5 Å². The molecule has 1 aromatic heterocycles. The fraction of sp³-hybridized carbons (Fsp3) is 0.786. The molecule has 1 aliphatic rings. The van der Waals surface area contributed by atoms with Crippen molar-refractivity contribution in [1.29, 1.82) is 0 Å². The van der Waals surface area contributed by atoms with E-state index in [1.54, 1.807) is 4.90 Å². The van der Waals surface area contributed by atoms with Crippen LogP contribution in [-0.4, -0.2) is 44.7 Å². The minimum Gasteiger partial charge on any atom is -0.386 e. The zero-order chi connectivity index (χ0) is 14.8. The van der Waals surface area contributed by atoms with Gasteiger partial charge in [-0.25, -0.2) is 0 Å². The highest BCUT2D eigenvalue weighted by atomic mass is 16.5. The van der Waals surface area contributed by atoms with Crippen molar-refractivity contribution >= 4 is 5.91 Å². The highest BCUT2D eigenvalue weighted by Crippen LogP contribution is 2.29. The van der Waals surface area contributed by atoms with Gasteiger partial charge in [0, 0.05) is 19.3 Å². The fourth-order valence-electron chi connectivity index (χ4n) is 2.25. The van der Waals surface area contributed by atoms with Crippen LogP contribution in [0.4, 0.5) is 0 Å². The highest BCUT2D eigenvalue weighted by Gasteiger charge is 2.45. The van der Waals surface area contributed by atoms with Gasteiger partial charge in [-0.15, -0.1) is 0 Å². The van der Waals surface area contributed by atoms with Crippen LogP contribution in [-0.2, 0) is 17.6 Å². The fourth-order valence-corrected chi connectivity index (χ4v) is 2.25. The Kier molecular flexibility index (Phi) is 4.42. The predicted octanol–water partition coefficient (Wildman–Crippen LogP) is 1.18. The van der Waals surface area contributed by atoms with Crippen molar-refractivity contribution in [2.24, 2.45) is 5.92 Å². The van der Waals surface area contributed by atoms with E-state index in [2.05, 4.69) is 17.1 Å². The van der Waals surface area contributed by atoms with Crippen LogP contribution in [0.2, 0.25) is 0 Å². The smallest absolute Gasteiger partial charge is 0.227 e. The number of aliphatic hydroxyl groups is 1. The van der Waals surface area contributed by atoms with Crippen molar-refractivity contribution < 1.29 is 14.4 Å². The van der Waals surface area contributed by atoms with Gasteiger partial charge >= 0.3 is 0 Å². The Morgan fingerprint density at radius 1 is 1.45 bits per heavy atom. The lowest BCUT2D eigenvalue weighted by Crippen LogP contribution is -2.66. The number of aryl methyl sites for hydroxylation is 2. The molecule has 0 radical (unpaired) electrons. The maximum absolute atomic E-state index is 12.0. The molecule has 0 unspecified atom stereocenters. The zero-order valence-corrected chi connectivity index (χ0v) is 12.4. The number of hydrogen-bond donors (Lipinski definition) is 1. The Hall–Kier alpha value is -1.43. The van der Waals surface area contributed by atoms with Crippen molar-refractivity contribution in [3.05, 3.63) is 11.7 Å². The largest absolute Gasteiger partial charge is 0.386 e. The Balaban J connectivity index is 1.76. The normalized spacial score (nSPS) is 17.4. The van der Waals surface area contributed by atoms with Gasteiger partial charge < -0.3 is 14.5 Å². The Morgan fingerprint density at radius 2 is 2.15 bits per heavy atom. The third kappa shape index (κ3) is 3.17. The molecule has 1 N–H and O–H groups in total. The molecule has 0 spiro atoms. The van der Waals surface area contributed by atoms with Crippen LogP contribution in [0.5, 0.6) is 0 Å². The van der Waals surface area contributed by atoms with Crippen LogP contribution in [0.25, 0.3) is 0 Å². The van der Waals surface area contributed by atoms with Crippen LogP contribution in [0.15, 0.2) is 4.52 Å². The first-order valence-electron chi connectivity index (χ1n) is 7.26. The van der Waals surface area contributed by atoms with E-state index in [-0.39, 0.29) is 11.8 Å². The van der Waals surface area contributed by atoms with E-state index < -0.39 is 5.60 Å². The maximum atomic E-state index is 12.0. The molecule has 0 atom stereocenters. The first kappa shape index (κ1) is 15.0. The summed E-state index contributed by atoms with van der Waals surface area (Å²) in [7, 11) is 0. The van der Waals surface area contributed by atoms with E-state index in [0.717, 1.165) is 12.8 Å². The first-order chi connectivity index (χ1) is 9.44.